The number of halogens is 1. The molecule has 22 heavy (non-hydrogen) atoms. The minimum Gasteiger partial charge on any atom is -0.489 e. The minimum absolute atomic E-state index is 0.377. The van der Waals surface area contributed by atoms with Crippen LogP contribution in [0.3, 0.4) is 0 Å². The van der Waals surface area contributed by atoms with Crippen LogP contribution in [0.25, 0.3) is 6.08 Å². The lowest BCUT2D eigenvalue weighted by Gasteiger charge is -2.21. The molecule has 0 radical (unpaired) electrons. The Balaban J connectivity index is 1.47. The lowest BCUT2D eigenvalue weighted by Crippen LogP contribution is -2.27. The Kier molecular flexibility index (Phi) is 3.90. The van der Waals surface area contributed by atoms with Crippen LogP contribution in [0, 0.1) is 5.92 Å². The van der Waals surface area contributed by atoms with Crippen molar-refractivity contribution in [2.24, 2.45) is 5.92 Å². The van der Waals surface area contributed by atoms with Crippen LogP contribution in [0.1, 0.15) is 29.5 Å². The molecule has 1 aliphatic carbocycles. The van der Waals surface area contributed by atoms with E-state index in [1.165, 1.54) is 23.4 Å². The van der Waals surface area contributed by atoms with Gasteiger partial charge < -0.3 is 10.1 Å². The Bertz CT molecular complexity index is 695. The van der Waals surface area contributed by atoms with Crippen molar-refractivity contribution >= 4 is 29.0 Å². The molecule has 4 rings (SSSR count). The van der Waals surface area contributed by atoms with Crippen molar-refractivity contribution in [1.82, 2.24) is 10.3 Å². The molecule has 1 aromatic heterocycles. The van der Waals surface area contributed by atoms with E-state index in [1.54, 1.807) is 11.3 Å². The monoisotopic (exact) mass is 332 g/mol. The second-order valence-electron chi connectivity index (χ2n) is 5.84. The maximum absolute atomic E-state index is 6.06. The summed E-state index contributed by atoms with van der Waals surface area (Å²) in [5, 5.41) is 7.65. The number of fused-ring (bicyclic) bond motifs is 1. The molecule has 0 spiro atoms. The zero-order valence-electron chi connectivity index (χ0n) is 12.1. The molecule has 2 aliphatic rings. The highest BCUT2D eigenvalue weighted by molar-refractivity contribution is 7.09. The minimum atomic E-state index is 0.377. The summed E-state index contributed by atoms with van der Waals surface area (Å²) in [7, 11) is 0. The second-order valence-corrected chi connectivity index (χ2v) is 7.20. The molecule has 1 N–H and O–H groups in total. The molecule has 1 unspecified atom stereocenters. The van der Waals surface area contributed by atoms with Crippen LogP contribution in [0.5, 0.6) is 5.75 Å². The number of benzene rings is 1. The molecular weight excluding hydrogens is 316 g/mol. The van der Waals surface area contributed by atoms with E-state index in [4.69, 9.17) is 16.3 Å². The van der Waals surface area contributed by atoms with E-state index in [0.29, 0.717) is 12.6 Å². The summed E-state index contributed by atoms with van der Waals surface area (Å²) < 4.78 is 5.81. The second kappa shape index (κ2) is 6.03. The zero-order valence-corrected chi connectivity index (χ0v) is 13.7. The molecule has 0 bridgehead atoms. The largest absolute Gasteiger partial charge is 0.489 e. The van der Waals surface area contributed by atoms with Crippen LogP contribution in [0.2, 0.25) is 5.02 Å². The molecule has 114 valence electrons. The van der Waals surface area contributed by atoms with Gasteiger partial charge in [-0.2, -0.15) is 0 Å². The number of nitrogens with one attached hydrogen (secondary N) is 1. The highest BCUT2D eigenvalue weighted by Gasteiger charge is 2.33. The Hall–Kier alpha value is -1.36. The first-order valence-electron chi connectivity index (χ1n) is 7.54. The molecule has 1 saturated carbocycles. The van der Waals surface area contributed by atoms with Crippen molar-refractivity contribution in [2.75, 3.05) is 13.2 Å². The van der Waals surface area contributed by atoms with E-state index in [0.717, 1.165) is 28.8 Å². The van der Waals surface area contributed by atoms with Gasteiger partial charge in [0.1, 0.15) is 17.4 Å². The topological polar surface area (TPSA) is 34.2 Å². The third-order valence-electron chi connectivity index (χ3n) is 4.10. The summed E-state index contributed by atoms with van der Waals surface area (Å²) >= 11 is 7.80. The highest BCUT2D eigenvalue weighted by Crippen LogP contribution is 2.41. The molecule has 1 aromatic carbocycles. The van der Waals surface area contributed by atoms with E-state index >= 15 is 0 Å². The average molecular weight is 333 g/mol. The number of hydrogen-bond acceptors (Lipinski definition) is 4. The zero-order chi connectivity index (χ0) is 14.9. The Morgan fingerprint density at radius 3 is 3.09 bits per heavy atom. The lowest BCUT2D eigenvalue weighted by molar-refractivity contribution is 0.339. The van der Waals surface area contributed by atoms with Crippen molar-refractivity contribution in [1.29, 1.82) is 0 Å². The normalized spacial score (nSPS) is 18.3. The van der Waals surface area contributed by atoms with Crippen LogP contribution in [0.15, 0.2) is 35.3 Å². The Morgan fingerprint density at radius 1 is 1.41 bits per heavy atom. The van der Waals surface area contributed by atoms with Crippen LogP contribution >= 0.6 is 22.9 Å². The number of hydrogen-bond donors (Lipinski definition) is 1. The van der Waals surface area contributed by atoms with Gasteiger partial charge in [0.05, 0.1) is 6.04 Å². The summed E-state index contributed by atoms with van der Waals surface area (Å²) in [6, 6.07) is 6.13. The Morgan fingerprint density at radius 2 is 2.32 bits per heavy atom. The SMILES string of the molecule is Clc1ccc2c(c1)C=C(CNC(c1nccs1)C1CC1)CO2. The van der Waals surface area contributed by atoms with Gasteiger partial charge in [-0.05, 0) is 48.6 Å². The van der Waals surface area contributed by atoms with Crippen molar-refractivity contribution in [3.05, 3.63) is 50.9 Å². The summed E-state index contributed by atoms with van der Waals surface area (Å²) in [6.45, 7) is 1.46. The van der Waals surface area contributed by atoms with Gasteiger partial charge in [0, 0.05) is 28.7 Å². The molecule has 2 aromatic rings. The van der Waals surface area contributed by atoms with Gasteiger partial charge in [0.2, 0.25) is 0 Å². The van der Waals surface area contributed by atoms with Crippen LogP contribution in [0.4, 0.5) is 0 Å². The maximum Gasteiger partial charge on any atom is 0.127 e. The van der Waals surface area contributed by atoms with Crippen molar-refractivity contribution < 1.29 is 4.74 Å². The summed E-state index contributed by atoms with van der Waals surface area (Å²) in [6.07, 6.45) is 6.66. The fourth-order valence-corrected chi connectivity index (χ4v) is 3.80. The first-order valence-corrected chi connectivity index (χ1v) is 8.80. The van der Waals surface area contributed by atoms with E-state index in [9.17, 15) is 0 Å². The number of aromatic nitrogens is 1. The predicted octanol–water partition coefficient (Wildman–Crippen LogP) is 4.31. The summed E-state index contributed by atoms with van der Waals surface area (Å²) in [5.74, 6) is 1.64. The molecule has 0 saturated heterocycles. The van der Waals surface area contributed by atoms with Gasteiger partial charge in [0.25, 0.3) is 0 Å². The number of nitrogens with zero attached hydrogens (tertiary/aromatic N) is 1. The molecule has 1 aliphatic heterocycles. The average Bonchev–Trinajstić information content (AvgIpc) is 3.21. The van der Waals surface area contributed by atoms with E-state index in [2.05, 4.69) is 16.4 Å². The Labute approximate surface area is 139 Å². The van der Waals surface area contributed by atoms with Gasteiger partial charge in [0.15, 0.2) is 0 Å². The molecule has 5 heteroatoms. The predicted molar refractivity (Wildman–Crippen MR) is 90.5 cm³/mol. The van der Waals surface area contributed by atoms with Crippen LogP contribution in [-0.2, 0) is 0 Å². The first-order chi connectivity index (χ1) is 10.8. The molecule has 0 amide bonds. The molecule has 3 nitrogen and oxygen atoms in total. The van der Waals surface area contributed by atoms with Crippen molar-refractivity contribution in [3.8, 4) is 5.75 Å². The summed E-state index contributed by atoms with van der Waals surface area (Å²) in [4.78, 5) is 4.48. The van der Waals surface area contributed by atoms with Gasteiger partial charge >= 0.3 is 0 Å². The number of thiazole rings is 1. The molecule has 2 heterocycles. The molecular formula is C17H17ClN2OS. The standard InChI is InChI=1S/C17H17ClN2OS/c18-14-3-4-15-13(8-14)7-11(10-21-15)9-20-16(12-1-2-12)17-19-5-6-22-17/h3-8,12,16,20H,1-2,9-10H2. The smallest absolute Gasteiger partial charge is 0.127 e. The van der Waals surface area contributed by atoms with E-state index < -0.39 is 0 Å². The lowest BCUT2D eigenvalue weighted by atomic mass is 10.1. The van der Waals surface area contributed by atoms with Crippen LogP contribution in [-0.4, -0.2) is 18.1 Å². The number of ether oxygens (including phenoxy) is 1. The number of rotatable bonds is 5. The van der Waals surface area contributed by atoms with Crippen molar-refractivity contribution in [3.63, 3.8) is 0 Å². The fourth-order valence-electron chi connectivity index (χ4n) is 2.81. The van der Waals surface area contributed by atoms with Crippen LogP contribution < -0.4 is 10.1 Å². The van der Waals surface area contributed by atoms with Gasteiger partial charge in [-0.15, -0.1) is 11.3 Å². The van der Waals surface area contributed by atoms with Gasteiger partial charge in [-0.3, -0.25) is 0 Å². The fraction of sp³-hybridized carbons (Fsp3) is 0.353. The molecule has 1 fully saturated rings. The van der Waals surface area contributed by atoms with Gasteiger partial charge in [-0.25, -0.2) is 4.98 Å². The highest BCUT2D eigenvalue weighted by atomic mass is 35.5. The van der Waals surface area contributed by atoms with E-state index in [1.807, 2.05) is 29.8 Å². The van der Waals surface area contributed by atoms with E-state index in [-0.39, 0.29) is 0 Å². The molecule has 1 atom stereocenters. The quantitative estimate of drug-likeness (QED) is 0.885. The summed E-state index contributed by atoms with van der Waals surface area (Å²) in [5.41, 5.74) is 2.31. The third-order valence-corrected chi connectivity index (χ3v) is 5.20. The third kappa shape index (κ3) is 3.05. The van der Waals surface area contributed by atoms with Crippen molar-refractivity contribution in [2.45, 2.75) is 18.9 Å². The van der Waals surface area contributed by atoms with Gasteiger partial charge in [-0.1, -0.05) is 11.6 Å². The first kappa shape index (κ1) is 14.2. The maximum atomic E-state index is 6.06.